The molecular formula is C16H25F2N3. The Labute approximate surface area is 125 Å². The van der Waals surface area contributed by atoms with E-state index >= 15 is 0 Å². The maximum atomic E-state index is 12.6. The molecule has 1 fully saturated rings. The normalized spacial score (nSPS) is 21.4. The number of benzene rings is 1. The van der Waals surface area contributed by atoms with E-state index < -0.39 is 6.43 Å². The van der Waals surface area contributed by atoms with Crippen LogP contribution in [0.25, 0.3) is 0 Å². The fraction of sp³-hybridized carbons (Fsp3) is 0.625. The van der Waals surface area contributed by atoms with E-state index in [0.29, 0.717) is 12.5 Å². The average Bonchev–Trinajstić information content (AvgIpc) is 2.85. The lowest BCUT2D eigenvalue weighted by atomic mass is 10.0. The Kier molecular flexibility index (Phi) is 5.67. The highest BCUT2D eigenvalue weighted by Gasteiger charge is 2.24. The minimum Gasteiger partial charge on any atom is -0.329 e. The van der Waals surface area contributed by atoms with E-state index in [9.17, 15) is 8.78 Å². The van der Waals surface area contributed by atoms with Crippen molar-refractivity contribution in [3.63, 3.8) is 0 Å². The van der Waals surface area contributed by atoms with Crippen LogP contribution in [-0.2, 0) is 0 Å². The average molecular weight is 297 g/mol. The van der Waals surface area contributed by atoms with Crippen LogP contribution in [0.2, 0.25) is 0 Å². The highest BCUT2D eigenvalue weighted by atomic mass is 19.3. The molecule has 21 heavy (non-hydrogen) atoms. The summed E-state index contributed by atoms with van der Waals surface area (Å²) in [7, 11) is 4.21. The zero-order chi connectivity index (χ0) is 15.4. The molecule has 0 aromatic heterocycles. The molecule has 118 valence electrons. The van der Waals surface area contributed by atoms with E-state index in [4.69, 9.17) is 5.73 Å². The van der Waals surface area contributed by atoms with E-state index in [1.54, 1.807) is 12.1 Å². The van der Waals surface area contributed by atoms with Gasteiger partial charge in [0.25, 0.3) is 6.43 Å². The van der Waals surface area contributed by atoms with Crippen LogP contribution >= 0.6 is 0 Å². The third-order valence-electron chi connectivity index (χ3n) is 4.36. The Hall–Kier alpha value is -1.04. The first kappa shape index (κ1) is 16.3. The molecule has 1 aliphatic rings. The van der Waals surface area contributed by atoms with Gasteiger partial charge in [-0.15, -0.1) is 0 Å². The van der Waals surface area contributed by atoms with Gasteiger partial charge in [0, 0.05) is 31.2 Å². The highest BCUT2D eigenvalue weighted by Crippen LogP contribution is 2.25. The van der Waals surface area contributed by atoms with Crippen LogP contribution in [0, 0.1) is 5.92 Å². The predicted molar refractivity (Wildman–Crippen MR) is 81.4 cm³/mol. The summed E-state index contributed by atoms with van der Waals surface area (Å²) in [5.74, 6) is 0.661. The van der Waals surface area contributed by atoms with Crippen LogP contribution in [0.3, 0.4) is 0 Å². The minimum atomic E-state index is -2.41. The molecule has 0 radical (unpaired) electrons. The van der Waals surface area contributed by atoms with Crippen molar-refractivity contribution >= 4 is 0 Å². The van der Waals surface area contributed by atoms with Crippen LogP contribution in [0.4, 0.5) is 8.78 Å². The number of halogens is 2. The molecule has 3 nitrogen and oxygen atoms in total. The number of likely N-dealkylation sites (tertiary alicyclic amines) is 1. The maximum Gasteiger partial charge on any atom is 0.263 e. The fourth-order valence-electron chi connectivity index (χ4n) is 3.14. The van der Waals surface area contributed by atoms with Crippen molar-refractivity contribution in [3.05, 3.63) is 35.4 Å². The number of nitrogens with zero attached hydrogens (tertiary/aromatic N) is 2. The number of rotatable bonds is 6. The summed E-state index contributed by atoms with van der Waals surface area (Å²) in [6.07, 6.45) is -1.20. The Morgan fingerprint density at radius 1 is 1.29 bits per heavy atom. The Morgan fingerprint density at radius 2 is 1.90 bits per heavy atom. The van der Waals surface area contributed by atoms with Gasteiger partial charge in [-0.05, 0) is 38.5 Å². The van der Waals surface area contributed by atoms with Crippen LogP contribution in [0.15, 0.2) is 24.3 Å². The van der Waals surface area contributed by atoms with Crippen LogP contribution in [0.5, 0.6) is 0 Å². The van der Waals surface area contributed by atoms with Crippen LogP contribution < -0.4 is 5.73 Å². The van der Waals surface area contributed by atoms with Crippen molar-refractivity contribution in [2.75, 3.05) is 40.3 Å². The van der Waals surface area contributed by atoms with Crippen molar-refractivity contribution in [1.29, 1.82) is 0 Å². The molecule has 0 aliphatic carbocycles. The first-order chi connectivity index (χ1) is 10.0. The fourth-order valence-corrected chi connectivity index (χ4v) is 3.14. The van der Waals surface area contributed by atoms with Gasteiger partial charge in [0.15, 0.2) is 0 Å². The summed E-state index contributed by atoms with van der Waals surface area (Å²) in [5, 5.41) is 0. The topological polar surface area (TPSA) is 32.5 Å². The maximum absolute atomic E-state index is 12.6. The Balaban J connectivity index is 2.00. The largest absolute Gasteiger partial charge is 0.329 e. The molecule has 1 heterocycles. The molecule has 2 rings (SSSR count). The second-order valence-electron chi connectivity index (χ2n) is 6.08. The van der Waals surface area contributed by atoms with Crippen LogP contribution in [0.1, 0.15) is 30.0 Å². The van der Waals surface area contributed by atoms with Crippen molar-refractivity contribution in [2.45, 2.75) is 18.9 Å². The Bertz CT molecular complexity index is 436. The van der Waals surface area contributed by atoms with Crippen LogP contribution in [-0.4, -0.2) is 50.1 Å². The summed E-state index contributed by atoms with van der Waals surface area (Å²) >= 11 is 0. The molecule has 0 saturated carbocycles. The summed E-state index contributed by atoms with van der Waals surface area (Å²) in [5.41, 5.74) is 6.98. The van der Waals surface area contributed by atoms with E-state index in [-0.39, 0.29) is 11.6 Å². The minimum absolute atomic E-state index is 0.0644. The molecule has 5 heteroatoms. The molecule has 0 bridgehead atoms. The smallest absolute Gasteiger partial charge is 0.263 e. The molecule has 2 unspecified atom stereocenters. The molecule has 1 aromatic rings. The van der Waals surface area contributed by atoms with E-state index in [0.717, 1.165) is 25.2 Å². The molecule has 2 N–H and O–H groups in total. The second kappa shape index (κ2) is 7.29. The quantitative estimate of drug-likeness (QED) is 0.875. The van der Waals surface area contributed by atoms with Gasteiger partial charge in [0.05, 0.1) is 0 Å². The van der Waals surface area contributed by atoms with Gasteiger partial charge in [-0.3, -0.25) is 4.90 Å². The zero-order valence-corrected chi connectivity index (χ0v) is 12.8. The lowest BCUT2D eigenvalue weighted by Crippen LogP contribution is -2.35. The summed E-state index contributed by atoms with van der Waals surface area (Å²) < 4.78 is 25.2. The summed E-state index contributed by atoms with van der Waals surface area (Å²) in [6.45, 7) is 3.75. The number of hydrogen-bond acceptors (Lipinski definition) is 3. The Morgan fingerprint density at radius 3 is 2.38 bits per heavy atom. The molecule has 0 amide bonds. The van der Waals surface area contributed by atoms with Gasteiger partial charge >= 0.3 is 0 Å². The molecule has 1 saturated heterocycles. The standard InChI is InChI=1S/C16H25F2N3/c1-20-8-7-12(10-20)11-21(2)15(9-19)13-3-5-14(6-4-13)16(17)18/h3-6,12,15-16H,7-11,19H2,1-2H3. The molecule has 1 aliphatic heterocycles. The number of nitrogens with two attached hydrogens (primary N) is 1. The first-order valence-electron chi connectivity index (χ1n) is 7.48. The van der Waals surface area contributed by atoms with Crippen molar-refractivity contribution < 1.29 is 8.78 Å². The van der Waals surface area contributed by atoms with E-state index in [1.807, 2.05) is 0 Å². The third kappa shape index (κ3) is 4.22. The highest BCUT2D eigenvalue weighted by molar-refractivity contribution is 5.26. The summed E-state index contributed by atoms with van der Waals surface area (Å²) in [4.78, 5) is 4.59. The SMILES string of the molecule is CN1CCC(CN(C)C(CN)c2ccc(C(F)F)cc2)C1. The number of hydrogen-bond donors (Lipinski definition) is 1. The lowest BCUT2D eigenvalue weighted by Gasteiger charge is -2.29. The van der Waals surface area contributed by atoms with E-state index in [2.05, 4.69) is 23.9 Å². The lowest BCUT2D eigenvalue weighted by molar-refractivity contribution is 0.151. The van der Waals surface area contributed by atoms with Gasteiger partial charge in [-0.25, -0.2) is 8.78 Å². The molecule has 2 atom stereocenters. The van der Waals surface area contributed by atoms with Gasteiger partial charge in [0.2, 0.25) is 0 Å². The van der Waals surface area contributed by atoms with Gasteiger partial charge in [-0.2, -0.15) is 0 Å². The monoisotopic (exact) mass is 297 g/mol. The van der Waals surface area contributed by atoms with Gasteiger partial charge < -0.3 is 10.6 Å². The molecule has 0 spiro atoms. The third-order valence-corrected chi connectivity index (χ3v) is 4.36. The first-order valence-corrected chi connectivity index (χ1v) is 7.48. The number of likely N-dealkylation sites (N-methyl/N-ethyl adjacent to an activating group) is 1. The summed E-state index contributed by atoms with van der Waals surface area (Å²) in [6, 6.07) is 6.63. The molecular weight excluding hydrogens is 272 g/mol. The van der Waals surface area contributed by atoms with Gasteiger partial charge in [-0.1, -0.05) is 24.3 Å². The van der Waals surface area contributed by atoms with E-state index in [1.165, 1.54) is 18.6 Å². The predicted octanol–water partition coefficient (Wildman–Crippen LogP) is 2.51. The zero-order valence-electron chi connectivity index (χ0n) is 12.8. The second-order valence-corrected chi connectivity index (χ2v) is 6.08. The van der Waals surface area contributed by atoms with Gasteiger partial charge in [0.1, 0.15) is 0 Å². The number of alkyl halides is 2. The van der Waals surface area contributed by atoms with Crippen molar-refractivity contribution in [1.82, 2.24) is 9.80 Å². The molecule has 1 aromatic carbocycles. The van der Waals surface area contributed by atoms with Crippen molar-refractivity contribution in [3.8, 4) is 0 Å². The van der Waals surface area contributed by atoms with Crippen molar-refractivity contribution in [2.24, 2.45) is 11.7 Å².